The lowest BCUT2D eigenvalue weighted by Gasteiger charge is -2.43. The maximum absolute atomic E-state index is 12.3. The molecule has 19 heavy (non-hydrogen) atoms. The van der Waals surface area contributed by atoms with Gasteiger partial charge in [-0.1, -0.05) is 41.5 Å². The number of hydrogen-bond donors (Lipinski definition) is 0. The highest BCUT2D eigenvalue weighted by Gasteiger charge is 2.50. The van der Waals surface area contributed by atoms with Gasteiger partial charge in [-0.2, -0.15) is 21.6 Å². The molecule has 0 atom stereocenters. The average molecular weight is 318 g/mol. The number of halogens is 3. The van der Waals surface area contributed by atoms with E-state index in [1.54, 1.807) is 0 Å². The Hall–Kier alpha value is -0.0831. The summed E-state index contributed by atoms with van der Waals surface area (Å²) in [6.07, 6.45) is 0. The second-order valence-corrected chi connectivity index (χ2v) is 8.59. The van der Waals surface area contributed by atoms with Crippen molar-refractivity contribution >= 4 is 19.9 Å². The van der Waals surface area contributed by atoms with E-state index in [0.717, 1.165) is 0 Å². The molecule has 0 heterocycles. The van der Waals surface area contributed by atoms with Gasteiger partial charge in [0.2, 0.25) is 0 Å². The molecule has 0 aliphatic heterocycles. The van der Waals surface area contributed by atoms with Gasteiger partial charge in [0, 0.05) is 0 Å². The van der Waals surface area contributed by atoms with Crippen LogP contribution in [0.4, 0.5) is 13.2 Å². The van der Waals surface area contributed by atoms with Crippen molar-refractivity contribution in [3.05, 3.63) is 0 Å². The summed E-state index contributed by atoms with van der Waals surface area (Å²) < 4.78 is 63.3. The zero-order valence-corrected chi connectivity index (χ0v) is 13.8. The van der Waals surface area contributed by atoms with E-state index in [0.29, 0.717) is 0 Å². The molecule has 0 rings (SSSR count). The highest BCUT2D eigenvalue weighted by Crippen LogP contribution is 2.49. The van der Waals surface area contributed by atoms with Gasteiger partial charge in [0.1, 0.15) is 0 Å². The zero-order chi connectivity index (χ0) is 15.6. The fourth-order valence-corrected chi connectivity index (χ4v) is 4.63. The minimum absolute atomic E-state index is 0.00858. The molecule has 0 N–H and O–H groups in total. The van der Waals surface area contributed by atoms with Crippen LogP contribution in [0, 0.1) is 17.8 Å². The highest BCUT2D eigenvalue weighted by molar-refractivity contribution is 7.88. The molecule has 0 aromatic heterocycles. The summed E-state index contributed by atoms with van der Waals surface area (Å²) in [5.41, 5.74) is -5.36. The van der Waals surface area contributed by atoms with Crippen LogP contribution in [0.15, 0.2) is 0 Å². The van der Waals surface area contributed by atoms with Crippen LogP contribution < -0.4 is 0 Å². The lowest BCUT2D eigenvalue weighted by Crippen LogP contribution is -2.40. The predicted molar refractivity (Wildman–Crippen MR) is 69.0 cm³/mol. The van der Waals surface area contributed by atoms with Crippen molar-refractivity contribution in [2.24, 2.45) is 17.8 Å². The summed E-state index contributed by atoms with van der Waals surface area (Å²) in [7, 11) is -6.27. The van der Waals surface area contributed by atoms with Gasteiger partial charge in [0.25, 0.3) is 9.76 Å². The summed E-state index contributed by atoms with van der Waals surface area (Å²) in [6.45, 7) is 11.2. The number of hydrogen-bond acceptors (Lipinski definition) is 3. The molecule has 0 amide bonds. The normalized spacial score (nSPS) is 14.7. The molecule has 114 valence electrons. The van der Waals surface area contributed by atoms with Gasteiger partial charge in [0.15, 0.2) is 0 Å². The summed E-state index contributed by atoms with van der Waals surface area (Å²) in [5.74, 6) is 0.0257. The third-order valence-electron chi connectivity index (χ3n) is 3.48. The third kappa shape index (κ3) is 3.95. The van der Waals surface area contributed by atoms with Crippen LogP contribution in [0.25, 0.3) is 0 Å². The molecule has 0 unspecified atom stereocenters. The summed E-state index contributed by atoms with van der Waals surface area (Å²) in [5, 5.41) is -0.599. The van der Waals surface area contributed by atoms with Gasteiger partial charge >= 0.3 is 15.6 Å². The Morgan fingerprint density at radius 3 is 1.42 bits per heavy atom. The molecule has 2 radical (unpaired) electrons. The fourth-order valence-electron chi connectivity index (χ4n) is 2.53. The zero-order valence-electron chi connectivity index (χ0n) is 12.0. The van der Waals surface area contributed by atoms with Crippen LogP contribution in [-0.2, 0) is 14.0 Å². The number of alkyl halides is 3. The van der Waals surface area contributed by atoms with Crippen LogP contribution in [0.1, 0.15) is 41.5 Å². The Balaban J connectivity index is 5.30. The van der Waals surface area contributed by atoms with Crippen LogP contribution in [-0.4, -0.2) is 23.7 Å². The molecule has 3 nitrogen and oxygen atoms in total. The Bertz CT molecular complexity index is 367. The quantitative estimate of drug-likeness (QED) is 0.555. The second kappa shape index (κ2) is 6.13. The van der Waals surface area contributed by atoms with Gasteiger partial charge in [-0.15, -0.1) is 0 Å². The molecular formula is C11H21F3O3SSi. The van der Waals surface area contributed by atoms with Crippen molar-refractivity contribution < 1.29 is 25.5 Å². The van der Waals surface area contributed by atoms with Gasteiger partial charge in [-0.05, 0) is 22.8 Å². The Kier molecular flexibility index (Phi) is 6.11. The first-order chi connectivity index (χ1) is 8.29. The largest absolute Gasteiger partial charge is 0.522 e. The Morgan fingerprint density at radius 1 is 0.895 bits per heavy atom. The Labute approximate surface area is 116 Å². The molecule has 0 spiro atoms. The standard InChI is InChI=1S/C11H21F3O3SSi/c1-7(2)10(8(3)4,9(5)6)19-17-18(15,16)11(12,13)14/h7-9H,1-6H3. The molecule has 0 aliphatic rings. The van der Waals surface area contributed by atoms with Crippen LogP contribution >= 0.6 is 0 Å². The summed E-state index contributed by atoms with van der Waals surface area (Å²) in [6, 6.07) is 0. The first-order valence-electron chi connectivity index (χ1n) is 6.06. The third-order valence-corrected chi connectivity index (χ3v) is 7.34. The molecule has 0 bridgehead atoms. The monoisotopic (exact) mass is 318 g/mol. The van der Waals surface area contributed by atoms with Gasteiger partial charge < -0.3 is 3.87 Å². The van der Waals surface area contributed by atoms with E-state index in [4.69, 9.17) is 0 Å². The van der Waals surface area contributed by atoms with Crippen LogP contribution in [0.5, 0.6) is 0 Å². The van der Waals surface area contributed by atoms with E-state index in [1.165, 1.54) is 0 Å². The second-order valence-electron chi connectivity index (χ2n) is 5.48. The minimum atomic E-state index is -5.52. The van der Waals surface area contributed by atoms with Gasteiger partial charge in [0.05, 0.1) is 0 Å². The predicted octanol–water partition coefficient (Wildman–Crippen LogP) is 3.60. The average Bonchev–Trinajstić information content (AvgIpc) is 2.14. The van der Waals surface area contributed by atoms with Crippen molar-refractivity contribution in [1.82, 2.24) is 0 Å². The van der Waals surface area contributed by atoms with Crippen molar-refractivity contribution in [2.45, 2.75) is 52.1 Å². The summed E-state index contributed by atoms with van der Waals surface area (Å²) in [4.78, 5) is 0. The van der Waals surface area contributed by atoms with Gasteiger partial charge in [-0.25, -0.2) is 0 Å². The SMILES string of the molecule is CC(C)C([Si]OS(=O)(=O)C(F)(F)F)(C(C)C)C(C)C. The Morgan fingerprint density at radius 2 is 1.21 bits per heavy atom. The smallest absolute Gasteiger partial charge is 0.309 e. The van der Waals surface area contributed by atoms with E-state index in [2.05, 4.69) is 3.87 Å². The van der Waals surface area contributed by atoms with Crippen LogP contribution in [0.3, 0.4) is 0 Å². The van der Waals surface area contributed by atoms with E-state index >= 15 is 0 Å². The molecule has 0 saturated carbocycles. The fraction of sp³-hybridized carbons (Fsp3) is 1.00. The topological polar surface area (TPSA) is 43.4 Å². The highest BCUT2D eigenvalue weighted by atomic mass is 32.2. The van der Waals surface area contributed by atoms with Crippen molar-refractivity contribution in [3.8, 4) is 0 Å². The maximum atomic E-state index is 12.3. The van der Waals surface area contributed by atoms with Crippen molar-refractivity contribution in [2.75, 3.05) is 0 Å². The first-order valence-corrected chi connectivity index (χ1v) is 8.37. The van der Waals surface area contributed by atoms with E-state index in [9.17, 15) is 21.6 Å². The lowest BCUT2D eigenvalue weighted by molar-refractivity contribution is -0.0502. The van der Waals surface area contributed by atoms with E-state index in [-0.39, 0.29) is 17.8 Å². The minimum Gasteiger partial charge on any atom is -0.309 e. The number of rotatable bonds is 6. The lowest BCUT2D eigenvalue weighted by atomic mass is 9.76. The maximum Gasteiger partial charge on any atom is 0.522 e. The molecule has 0 fully saturated rings. The van der Waals surface area contributed by atoms with E-state index < -0.39 is 30.4 Å². The molecule has 8 heteroatoms. The molecule has 0 aromatic rings. The van der Waals surface area contributed by atoms with E-state index in [1.807, 2.05) is 41.5 Å². The van der Waals surface area contributed by atoms with Crippen molar-refractivity contribution in [3.63, 3.8) is 0 Å². The first kappa shape index (κ1) is 18.9. The molecule has 0 aliphatic carbocycles. The molecular weight excluding hydrogens is 297 g/mol. The molecule has 0 aromatic carbocycles. The van der Waals surface area contributed by atoms with Crippen molar-refractivity contribution in [1.29, 1.82) is 0 Å². The van der Waals surface area contributed by atoms with Gasteiger partial charge in [-0.3, -0.25) is 0 Å². The summed E-state index contributed by atoms with van der Waals surface area (Å²) >= 11 is 0. The molecule has 0 saturated heterocycles. The van der Waals surface area contributed by atoms with Crippen LogP contribution in [0.2, 0.25) is 5.04 Å².